The van der Waals surface area contributed by atoms with E-state index in [-0.39, 0.29) is 41.4 Å². The predicted octanol–water partition coefficient (Wildman–Crippen LogP) is 0.200. The maximum Gasteiger partial charge on any atom is 0.256 e. The average molecular weight is 322 g/mol. The lowest BCUT2D eigenvalue weighted by molar-refractivity contribution is -0.136. The van der Waals surface area contributed by atoms with E-state index >= 15 is 0 Å². The molecule has 0 aromatic heterocycles. The van der Waals surface area contributed by atoms with Gasteiger partial charge < -0.3 is 10.6 Å². The third-order valence-corrected chi connectivity index (χ3v) is 4.23. The van der Waals surface area contributed by atoms with E-state index in [9.17, 15) is 19.2 Å². The molecule has 3 N–H and O–H groups in total. The molecule has 1 fully saturated rings. The van der Waals surface area contributed by atoms with Crippen molar-refractivity contribution in [2.75, 3.05) is 0 Å². The highest BCUT2D eigenvalue weighted by molar-refractivity contribution is 6.34. The summed E-state index contributed by atoms with van der Waals surface area (Å²) in [5, 5.41) is 2.42. The molecular weight excluding hydrogens is 310 g/mol. The van der Waals surface area contributed by atoms with Gasteiger partial charge in [0.2, 0.25) is 17.7 Å². The Morgan fingerprint density at radius 1 is 1.32 bits per heavy atom. The number of imide groups is 1. The van der Waals surface area contributed by atoms with Crippen molar-refractivity contribution >= 4 is 35.2 Å². The molecular formula is C14H12ClN3O4. The number of halogens is 1. The fourth-order valence-electron chi connectivity index (χ4n) is 2.86. The third-order valence-electron chi connectivity index (χ3n) is 3.92. The van der Waals surface area contributed by atoms with E-state index in [1.54, 1.807) is 0 Å². The number of nitrogens with two attached hydrogens (primary N) is 1. The number of amides is 4. The summed E-state index contributed by atoms with van der Waals surface area (Å²) in [5.74, 6) is -1.97. The van der Waals surface area contributed by atoms with Crippen LogP contribution in [0.5, 0.6) is 0 Å². The third kappa shape index (κ3) is 2.14. The van der Waals surface area contributed by atoms with E-state index in [0.29, 0.717) is 5.56 Å². The van der Waals surface area contributed by atoms with Crippen molar-refractivity contribution in [1.82, 2.24) is 10.2 Å². The van der Waals surface area contributed by atoms with Gasteiger partial charge in [-0.15, -0.1) is 0 Å². The maximum absolute atomic E-state index is 12.5. The van der Waals surface area contributed by atoms with Crippen LogP contribution in [0.3, 0.4) is 0 Å². The first kappa shape index (κ1) is 14.5. The Morgan fingerprint density at radius 2 is 2.05 bits per heavy atom. The summed E-state index contributed by atoms with van der Waals surface area (Å²) in [4.78, 5) is 48.5. The molecule has 4 amide bonds. The fourth-order valence-corrected chi connectivity index (χ4v) is 3.12. The van der Waals surface area contributed by atoms with Crippen LogP contribution in [0.2, 0.25) is 5.02 Å². The lowest BCUT2D eigenvalue weighted by Gasteiger charge is -2.29. The molecule has 2 heterocycles. The Kier molecular flexibility index (Phi) is 3.37. The first-order valence-corrected chi connectivity index (χ1v) is 7.03. The topological polar surface area (TPSA) is 110 Å². The molecule has 1 aromatic rings. The molecule has 1 unspecified atom stereocenters. The van der Waals surface area contributed by atoms with Crippen LogP contribution < -0.4 is 11.1 Å². The van der Waals surface area contributed by atoms with Crippen molar-refractivity contribution in [3.8, 4) is 0 Å². The number of rotatable bonds is 2. The van der Waals surface area contributed by atoms with Crippen LogP contribution in [0.15, 0.2) is 12.1 Å². The number of benzene rings is 1. The van der Waals surface area contributed by atoms with Gasteiger partial charge >= 0.3 is 0 Å². The second-order valence-corrected chi connectivity index (χ2v) is 5.62. The van der Waals surface area contributed by atoms with Crippen LogP contribution in [0, 0.1) is 0 Å². The van der Waals surface area contributed by atoms with E-state index in [1.807, 2.05) is 0 Å². The predicted molar refractivity (Wildman–Crippen MR) is 76.0 cm³/mol. The highest BCUT2D eigenvalue weighted by Crippen LogP contribution is 2.34. The minimum atomic E-state index is -0.755. The van der Waals surface area contributed by atoms with Gasteiger partial charge in [-0.1, -0.05) is 11.6 Å². The molecule has 114 valence electrons. The fraction of sp³-hybridized carbons (Fsp3) is 0.286. The van der Waals surface area contributed by atoms with Gasteiger partial charge in [-0.25, -0.2) is 0 Å². The van der Waals surface area contributed by atoms with Gasteiger partial charge in [0, 0.05) is 18.5 Å². The van der Waals surface area contributed by atoms with Crippen LogP contribution in [0.25, 0.3) is 0 Å². The van der Waals surface area contributed by atoms with Crippen LogP contribution in [-0.4, -0.2) is 34.6 Å². The summed E-state index contributed by atoms with van der Waals surface area (Å²) in [5.41, 5.74) is 6.15. The number of nitrogens with one attached hydrogen (secondary N) is 1. The van der Waals surface area contributed by atoms with Crippen molar-refractivity contribution in [2.24, 2.45) is 5.73 Å². The van der Waals surface area contributed by atoms with Crippen LogP contribution >= 0.6 is 11.6 Å². The number of primary amides is 1. The molecule has 1 aromatic carbocycles. The second-order valence-electron chi connectivity index (χ2n) is 5.21. The summed E-state index contributed by atoms with van der Waals surface area (Å²) in [6, 6.07) is 2.14. The molecule has 0 saturated carbocycles. The molecule has 22 heavy (non-hydrogen) atoms. The molecule has 7 nitrogen and oxygen atoms in total. The highest BCUT2D eigenvalue weighted by atomic mass is 35.5. The first-order valence-electron chi connectivity index (χ1n) is 6.66. The minimum absolute atomic E-state index is 0.0687. The van der Waals surface area contributed by atoms with Crippen molar-refractivity contribution in [3.05, 3.63) is 33.8 Å². The minimum Gasteiger partial charge on any atom is -0.366 e. The van der Waals surface area contributed by atoms with Crippen LogP contribution in [-0.2, 0) is 16.1 Å². The lowest BCUT2D eigenvalue weighted by atomic mass is 10.0. The van der Waals surface area contributed by atoms with Crippen LogP contribution in [0.1, 0.15) is 39.1 Å². The number of carbonyl (C=O) groups excluding carboxylic acids is 4. The van der Waals surface area contributed by atoms with Gasteiger partial charge in [-0.05, 0) is 24.1 Å². The summed E-state index contributed by atoms with van der Waals surface area (Å²) in [7, 11) is 0. The Labute approximate surface area is 130 Å². The van der Waals surface area contributed by atoms with E-state index in [0.717, 1.165) is 0 Å². The van der Waals surface area contributed by atoms with Gasteiger partial charge in [-0.3, -0.25) is 24.5 Å². The Balaban J connectivity index is 1.99. The van der Waals surface area contributed by atoms with E-state index < -0.39 is 23.8 Å². The number of piperidine rings is 1. The first-order chi connectivity index (χ1) is 10.4. The van der Waals surface area contributed by atoms with Crippen molar-refractivity contribution < 1.29 is 19.2 Å². The molecule has 2 aliphatic rings. The zero-order valence-corrected chi connectivity index (χ0v) is 12.1. The molecule has 0 radical (unpaired) electrons. The van der Waals surface area contributed by atoms with Gasteiger partial charge in [0.05, 0.1) is 10.6 Å². The summed E-state index contributed by atoms with van der Waals surface area (Å²) < 4.78 is 0. The zero-order valence-electron chi connectivity index (χ0n) is 11.4. The van der Waals surface area contributed by atoms with E-state index in [4.69, 9.17) is 17.3 Å². The zero-order chi connectivity index (χ0) is 16.0. The number of hydrogen-bond donors (Lipinski definition) is 2. The second kappa shape index (κ2) is 5.10. The SMILES string of the molecule is NC(=O)c1ccc(Cl)c2c1CN(C1CCC(=O)NC1=O)C2=O. The lowest BCUT2D eigenvalue weighted by Crippen LogP contribution is -2.52. The Bertz CT molecular complexity index is 731. The van der Waals surface area contributed by atoms with Gasteiger partial charge in [0.15, 0.2) is 0 Å². The quantitative estimate of drug-likeness (QED) is 0.758. The van der Waals surface area contributed by atoms with Crippen molar-refractivity contribution in [3.63, 3.8) is 0 Å². The maximum atomic E-state index is 12.5. The molecule has 0 bridgehead atoms. The van der Waals surface area contributed by atoms with Gasteiger partial charge in [-0.2, -0.15) is 0 Å². The van der Waals surface area contributed by atoms with Gasteiger partial charge in [0.1, 0.15) is 6.04 Å². The number of hydrogen-bond acceptors (Lipinski definition) is 4. The molecule has 0 aliphatic carbocycles. The summed E-state index contributed by atoms with van der Waals surface area (Å²) >= 11 is 6.05. The van der Waals surface area contributed by atoms with E-state index in [1.165, 1.54) is 17.0 Å². The normalized spacial score (nSPS) is 20.9. The van der Waals surface area contributed by atoms with Crippen molar-refractivity contribution in [1.29, 1.82) is 0 Å². The molecule has 1 saturated heterocycles. The Hall–Kier alpha value is -2.41. The summed E-state index contributed by atoms with van der Waals surface area (Å²) in [6.45, 7) is 0.0687. The number of nitrogens with zero attached hydrogens (tertiary/aromatic N) is 1. The average Bonchev–Trinajstić information content (AvgIpc) is 2.77. The number of fused-ring (bicyclic) bond motifs is 1. The molecule has 3 rings (SSSR count). The van der Waals surface area contributed by atoms with Crippen LogP contribution in [0.4, 0.5) is 0 Å². The molecule has 8 heteroatoms. The molecule has 0 spiro atoms. The van der Waals surface area contributed by atoms with Crippen molar-refractivity contribution in [2.45, 2.75) is 25.4 Å². The molecule has 2 aliphatic heterocycles. The smallest absolute Gasteiger partial charge is 0.256 e. The Morgan fingerprint density at radius 3 is 2.68 bits per heavy atom. The molecule has 1 atom stereocenters. The highest BCUT2D eigenvalue weighted by Gasteiger charge is 2.41. The monoisotopic (exact) mass is 321 g/mol. The largest absolute Gasteiger partial charge is 0.366 e. The number of carbonyl (C=O) groups is 4. The van der Waals surface area contributed by atoms with Gasteiger partial charge in [0.25, 0.3) is 5.91 Å². The van der Waals surface area contributed by atoms with E-state index in [2.05, 4.69) is 5.32 Å². The standard InChI is InChI=1S/C14H12ClN3O4/c15-8-2-1-6(12(16)20)7-5-18(14(22)11(7)8)9-3-4-10(19)17-13(9)21/h1-2,9H,3-5H2,(H2,16,20)(H,17,19,21). The summed E-state index contributed by atoms with van der Waals surface area (Å²) in [6.07, 6.45) is 0.404.